The number of hydrogen-bond acceptors (Lipinski definition) is 7. The van der Waals surface area contributed by atoms with Gasteiger partial charge in [-0.15, -0.1) is 0 Å². The van der Waals surface area contributed by atoms with Crippen LogP contribution in [0.15, 0.2) is 30.6 Å². The SMILES string of the molecule is COc1cc(CNc2nc(Cl)ncc2[N+](=O)[O-])ccc1-c1nc(C(F)(F)F)cn1C(C)C. The van der Waals surface area contributed by atoms with E-state index in [1.54, 1.807) is 32.0 Å². The van der Waals surface area contributed by atoms with E-state index in [0.29, 0.717) is 16.9 Å². The molecule has 0 aliphatic rings. The second-order valence-corrected chi connectivity index (χ2v) is 7.30. The number of nitrogens with one attached hydrogen (secondary N) is 1. The fourth-order valence-corrected chi connectivity index (χ4v) is 3.09. The van der Waals surface area contributed by atoms with Crippen molar-refractivity contribution in [1.82, 2.24) is 19.5 Å². The van der Waals surface area contributed by atoms with Crippen LogP contribution in [0.2, 0.25) is 5.28 Å². The number of hydrogen-bond donors (Lipinski definition) is 1. The molecule has 13 heteroatoms. The molecule has 1 N–H and O–H groups in total. The normalized spacial score (nSPS) is 11.6. The van der Waals surface area contributed by atoms with Crippen LogP contribution in [0.25, 0.3) is 11.4 Å². The van der Waals surface area contributed by atoms with Gasteiger partial charge < -0.3 is 14.6 Å². The number of benzene rings is 1. The first-order chi connectivity index (χ1) is 15.0. The van der Waals surface area contributed by atoms with Crippen LogP contribution in [-0.2, 0) is 12.7 Å². The third kappa shape index (κ3) is 4.90. The topological polar surface area (TPSA) is 108 Å². The van der Waals surface area contributed by atoms with E-state index < -0.39 is 16.8 Å². The van der Waals surface area contributed by atoms with Gasteiger partial charge in [-0.05, 0) is 43.1 Å². The zero-order valence-electron chi connectivity index (χ0n) is 17.1. The fraction of sp³-hybridized carbons (Fsp3) is 0.316. The number of methoxy groups -OCH3 is 1. The van der Waals surface area contributed by atoms with E-state index in [2.05, 4.69) is 20.3 Å². The van der Waals surface area contributed by atoms with E-state index in [0.717, 1.165) is 12.4 Å². The van der Waals surface area contributed by atoms with Crippen molar-refractivity contribution in [3.05, 3.63) is 57.2 Å². The van der Waals surface area contributed by atoms with Crippen molar-refractivity contribution in [1.29, 1.82) is 0 Å². The number of anilines is 1. The number of imidazole rings is 1. The Labute approximate surface area is 185 Å². The molecule has 0 spiro atoms. The highest BCUT2D eigenvalue weighted by Crippen LogP contribution is 2.36. The Balaban J connectivity index is 1.94. The second kappa shape index (κ2) is 8.99. The van der Waals surface area contributed by atoms with Gasteiger partial charge in [-0.25, -0.2) is 9.97 Å². The van der Waals surface area contributed by atoms with Crippen LogP contribution < -0.4 is 10.1 Å². The summed E-state index contributed by atoms with van der Waals surface area (Å²) in [6.45, 7) is 3.60. The van der Waals surface area contributed by atoms with E-state index in [-0.39, 0.29) is 35.2 Å². The highest BCUT2D eigenvalue weighted by molar-refractivity contribution is 6.28. The first-order valence-corrected chi connectivity index (χ1v) is 9.63. The average molecular weight is 471 g/mol. The van der Waals surface area contributed by atoms with Gasteiger partial charge in [-0.1, -0.05) is 6.07 Å². The molecular formula is C19H18ClF3N6O3. The summed E-state index contributed by atoms with van der Waals surface area (Å²) in [6, 6.07) is 4.55. The van der Waals surface area contributed by atoms with Gasteiger partial charge in [0, 0.05) is 18.8 Å². The van der Waals surface area contributed by atoms with Gasteiger partial charge in [0.25, 0.3) is 0 Å². The Bertz CT molecular complexity index is 1150. The van der Waals surface area contributed by atoms with Gasteiger partial charge in [-0.3, -0.25) is 10.1 Å². The summed E-state index contributed by atoms with van der Waals surface area (Å²) in [6.07, 6.45) is -2.63. The lowest BCUT2D eigenvalue weighted by Gasteiger charge is -2.15. The summed E-state index contributed by atoms with van der Waals surface area (Å²) in [5, 5.41) is 13.8. The maximum atomic E-state index is 13.2. The predicted molar refractivity (Wildman–Crippen MR) is 111 cm³/mol. The first kappa shape index (κ1) is 23.3. The number of aromatic nitrogens is 4. The fourth-order valence-electron chi connectivity index (χ4n) is 2.96. The lowest BCUT2D eigenvalue weighted by molar-refractivity contribution is -0.384. The van der Waals surface area contributed by atoms with E-state index in [4.69, 9.17) is 16.3 Å². The quantitative estimate of drug-likeness (QED) is 0.290. The smallest absolute Gasteiger partial charge is 0.434 e. The number of alkyl halides is 3. The Morgan fingerprint density at radius 3 is 2.62 bits per heavy atom. The molecule has 0 fully saturated rings. The summed E-state index contributed by atoms with van der Waals surface area (Å²) < 4.78 is 46.4. The van der Waals surface area contributed by atoms with Gasteiger partial charge in [0.15, 0.2) is 5.69 Å². The molecule has 170 valence electrons. The van der Waals surface area contributed by atoms with Crippen molar-refractivity contribution in [2.75, 3.05) is 12.4 Å². The summed E-state index contributed by atoms with van der Waals surface area (Å²) in [4.78, 5) is 21.7. The zero-order valence-corrected chi connectivity index (χ0v) is 17.9. The Morgan fingerprint density at radius 2 is 2.03 bits per heavy atom. The summed E-state index contributed by atoms with van der Waals surface area (Å²) in [7, 11) is 1.39. The molecule has 2 heterocycles. The molecule has 0 aliphatic carbocycles. The van der Waals surface area contributed by atoms with Crippen molar-refractivity contribution < 1.29 is 22.8 Å². The molecule has 0 radical (unpaired) electrons. The van der Waals surface area contributed by atoms with Gasteiger partial charge in [-0.2, -0.15) is 18.2 Å². The van der Waals surface area contributed by atoms with Crippen LogP contribution in [0.5, 0.6) is 5.75 Å². The molecular weight excluding hydrogens is 453 g/mol. The maximum absolute atomic E-state index is 13.2. The lowest BCUT2D eigenvalue weighted by atomic mass is 10.1. The molecule has 1 aromatic carbocycles. The van der Waals surface area contributed by atoms with Crippen LogP contribution in [0, 0.1) is 10.1 Å². The van der Waals surface area contributed by atoms with Crippen molar-refractivity contribution >= 4 is 23.1 Å². The molecule has 0 amide bonds. The molecule has 0 atom stereocenters. The monoisotopic (exact) mass is 470 g/mol. The molecule has 0 unspecified atom stereocenters. The summed E-state index contributed by atoms with van der Waals surface area (Å²) in [5.74, 6) is 0.339. The van der Waals surface area contributed by atoms with E-state index >= 15 is 0 Å². The molecule has 0 aliphatic heterocycles. The average Bonchev–Trinajstić information content (AvgIpc) is 3.18. The van der Waals surface area contributed by atoms with Crippen LogP contribution >= 0.6 is 11.6 Å². The van der Waals surface area contributed by atoms with Crippen LogP contribution in [0.4, 0.5) is 24.7 Å². The van der Waals surface area contributed by atoms with Gasteiger partial charge in [0.1, 0.15) is 17.8 Å². The minimum atomic E-state index is -4.58. The van der Waals surface area contributed by atoms with Crippen molar-refractivity contribution in [2.45, 2.75) is 32.6 Å². The van der Waals surface area contributed by atoms with Gasteiger partial charge in [0.05, 0.1) is 17.6 Å². The highest BCUT2D eigenvalue weighted by atomic mass is 35.5. The summed E-state index contributed by atoms with van der Waals surface area (Å²) >= 11 is 5.72. The van der Waals surface area contributed by atoms with E-state index in [9.17, 15) is 23.3 Å². The van der Waals surface area contributed by atoms with Crippen LogP contribution in [-0.4, -0.2) is 31.6 Å². The number of nitro groups is 1. The van der Waals surface area contributed by atoms with Crippen molar-refractivity contribution in [2.24, 2.45) is 0 Å². The van der Waals surface area contributed by atoms with Gasteiger partial charge in [0.2, 0.25) is 11.1 Å². The lowest BCUT2D eigenvalue weighted by Crippen LogP contribution is -2.06. The van der Waals surface area contributed by atoms with E-state index in [1.807, 2.05) is 0 Å². The number of ether oxygens (including phenoxy) is 1. The number of nitrogens with zero attached hydrogens (tertiary/aromatic N) is 5. The molecule has 0 bridgehead atoms. The second-order valence-electron chi connectivity index (χ2n) is 6.97. The molecule has 3 aromatic rings. The Hall–Kier alpha value is -3.41. The Morgan fingerprint density at radius 1 is 1.31 bits per heavy atom. The highest BCUT2D eigenvalue weighted by Gasteiger charge is 2.35. The minimum Gasteiger partial charge on any atom is -0.496 e. The third-order valence-corrected chi connectivity index (χ3v) is 4.66. The summed E-state index contributed by atoms with van der Waals surface area (Å²) in [5.41, 5.74) is -0.344. The molecule has 0 saturated carbocycles. The Kier molecular flexibility index (Phi) is 6.53. The minimum absolute atomic E-state index is 0.0665. The molecule has 0 saturated heterocycles. The van der Waals surface area contributed by atoms with Crippen LogP contribution in [0.1, 0.15) is 31.1 Å². The van der Waals surface area contributed by atoms with Crippen LogP contribution in [0.3, 0.4) is 0 Å². The van der Waals surface area contributed by atoms with Gasteiger partial charge >= 0.3 is 11.9 Å². The number of halogens is 4. The zero-order chi connectivity index (χ0) is 23.6. The largest absolute Gasteiger partial charge is 0.496 e. The van der Waals surface area contributed by atoms with Crippen molar-refractivity contribution in [3.63, 3.8) is 0 Å². The van der Waals surface area contributed by atoms with Crippen molar-refractivity contribution in [3.8, 4) is 17.1 Å². The molecule has 32 heavy (non-hydrogen) atoms. The standard InChI is InChI=1S/C19H18ClF3N6O3/c1-10(2)28-9-15(19(21,22)23)26-17(28)12-5-4-11(6-14(12)32-3)7-24-16-13(29(30)31)8-25-18(20)27-16/h4-6,8-10H,7H2,1-3H3,(H,24,25,27). The first-order valence-electron chi connectivity index (χ1n) is 9.25. The molecule has 3 rings (SSSR count). The van der Waals surface area contributed by atoms with E-state index in [1.165, 1.54) is 11.7 Å². The third-order valence-electron chi connectivity index (χ3n) is 4.48. The molecule has 9 nitrogen and oxygen atoms in total. The predicted octanol–water partition coefficient (Wildman–Crippen LogP) is 5.12. The number of rotatable bonds is 7. The maximum Gasteiger partial charge on any atom is 0.434 e. The molecule has 2 aromatic heterocycles.